The first-order chi connectivity index (χ1) is 16.8. The summed E-state index contributed by atoms with van der Waals surface area (Å²) >= 11 is 3.77. The second-order valence-electron chi connectivity index (χ2n) is 8.40. The van der Waals surface area contributed by atoms with E-state index in [9.17, 15) is 0 Å². The minimum absolute atomic E-state index is 0.672. The lowest BCUT2D eigenvalue weighted by atomic mass is 9.99. The van der Waals surface area contributed by atoms with Gasteiger partial charge >= 0.3 is 0 Å². The van der Waals surface area contributed by atoms with E-state index >= 15 is 0 Å². The summed E-state index contributed by atoms with van der Waals surface area (Å²) in [7, 11) is 0. The number of halogens is 1. The molecular weight excluding hydrogens is 482 g/mol. The first kappa shape index (κ1) is 19.4. The molecule has 0 amide bonds. The molecule has 0 saturated carbocycles. The van der Waals surface area contributed by atoms with Crippen LogP contribution in [0.25, 0.3) is 60.7 Å². The average Bonchev–Trinajstić information content (AvgIpc) is 3.23. The van der Waals surface area contributed by atoms with Gasteiger partial charge in [0.2, 0.25) is 5.95 Å². The second-order valence-corrected chi connectivity index (χ2v) is 9.26. The van der Waals surface area contributed by atoms with Gasteiger partial charge in [-0.1, -0.05) is 101 Å². The third-order valence-electron chi connectivity index (χ3n) is 6.48. The Morgan fingerprint density at radius 2 is 1.24 bits per heavy atom. The molecule has 0 aliphatic heterocycles. The molecule has 34 heavy (non-hydrogen) atoms. The Bertz CT molecular complexity index is 1880. The van der Waals surface area contributed by atoms with Crippen molar-refractivity contribution in [2.75, 3.05) is 0 Å². The van der Waals surface area contributed by atoms with Crippen molar-refractivity contribution in [3.05, 3.63) is 114 Å². The molecule has 0 aliphatic carbocycles. The van der Waals surface area contributed by atoms with Gasteiger partial charge in [-0.2, -0.15) is 0 Å². The molecule has 0 N–H and O–H groups in total. The maximum absolute atomic E-state index is 5.23. The van der Waals surface area contributed by atoms with Crippen molar-refractivity contribution in [1.82, 2.24) is 14.5 Å². The molecule has 0 aliphatic rings. The van der Waals surface area contributed by atoms with Crippen LogP contribution >= 0.6 is 15.9 Å². The van der Waals surface area contributed by atoms with Crippen molar-refractivity contribution in [1.29, 1.82) is 0 Å². The quantitative estimate of drug-likeness (QED) is 0.239. The number of fused-ring (bicyclic) bond motifs is 5. The first-order valence-corrected chi connectivity index (χ1v) is 12.0. The number of nitrogens with zero attached hydrogens (tertiary/aromatic N) is 3. The van der Waals surface area contributed by atoms with E-state index in [4.69, 9.17) is 9.97 Å². The Morgan fingerprint density at radius 1 is 0.559 bits per heavy atom. The van der Waals surface area contributed by atoms with Gasteiger partial charge in [-0.15, -0.1) is 0 Å². The van der Waals surface area contributed by atoms with Crippen LogP contribution in [0.15, 0.2) is 114 Å². The molecule has 2 heterocycles. The summed E-state index contributed by atoms with van der Waals surface area (Å²) in [6, 6.07) is 37.9. The van der Waals surface area contributed by atoms with Gasteiger partial charge in [0.1, 0.15) is 0 Å². The summed E-state index contributed by atoms with van der Waals surface area (Å²) < 4.78 is 3.24. The molecule has 0 fully saturated rings. The zero-order valence-corrected chi connectivity index (χ0v) is 19.7. The van der Waals surface area contributed by atoms with E-state index in [0.717, 1.165) is 37.7 Å². The molecule has 0 bridgehead atoms. The number of hydrogen-bond donors (Lipinski definition) is 0. The van der Waals surface area contributed by atoms with Gasteiger partial charge in [-0.25, -0.2) is 9.97 Å². The lowest BCUT2D eigenvalue weighted by Gasteiger charge is -2.13. The van der Waals surface area contributed by atoms with Crippen molar-refractivity contribution >= 4 is 59.4 Å². The SMILES string of the molecule is Brc1cccc2c1c1ccccc1n2-c1nc(-c2cccc3ccccc23)c2ccccc2n1. The third-order valence-corrected chi connectivity index (χ3v) is 7.14. The summed E-state index contributed by atoms with van der Waals surface area (Å²) in [5.74, 6) is 0.672. The van der Waals surface area contributed by atoms with Crippen molar-refractivity contribution in [2.24, 2.45) is 0 Å². The van der Waals surface area contributed by atoms with Crippen LogP contribution in [0.4, 0.5) is 0 Å². The first-order valence-electron chi connectivity index (χ1n) is 11.2. The number of benzene rings is 5. The van der Waals surface area contributed by atoms with Gasteiger partial charge in [0.05, 0.1) is 22.2 Å². The monoisotopic (exact) mass is 499 g/mol. The highest BCUT2D eigenvalue weighted by atomic mass is 79.9. The maximum atomic E-state index is 5.23. The Balaban J connectivity index is 1.63. The largest absolute Gasteiger partial charge is 0.278 e. The van der Waals surface area contributed by atoms with E-state index in [1.54, 1.807) is 0 Å². The Kier molecular flexibility index (Phi) is 4.29. The van der Waals surface area contributed by atoms with E-state index in [0.29, 0.717) is 5.95 Å². The summed E-state index contributed by atoms with van der Waals surface area (Å²) in [6.07, 6.45) is 0. The highest BCUT2D eigenvalue weighted by Crippen LogP contribution is 2.37. The number of para-hydroxylation sites is 2. The minimum atomic E-state index is 0.672. The van der Waals surface area contributed by atoms with E-state index in [2.05, 4.69) is 124 Å². The summed E-state index contributed by atoms with van der Waals surface area (Å²) in [6.45, 7) is 0. The van der Waals surface area contributed by atoms with E-state index < -0.39 is 0 Å². The molecule has 7 aromatic rings. The van der Waals surface area contributed by atoms with Crippen molar-refractivity contribution in [2.45, 2.75) is 0 Å². The molecule has 3 nitrogen and oxygen atoms in total. The van der Waals surface area contributed by atoms with Crippen LogP contribution < -0.4 is 0 Å². The predicted molar refractivity (Wildman–Crippen MR) is 145 cm³/mol. The van der Waals surface area contributed by atoms with Crippen LogP contribution in [-0.2, 0) is 0 Å². The zero-order valence-electron chi connectivity index (χ0n) is 18.1. The summed E-state index contributed by atoms with van der Waals surface area (Å²) in [5, 5.41) is 5.77. The Hall–Kier alpha value is -4.02. The topological polar surface area (TPSA) is 30.7 Å². The van der Waals surface area contributed by atoms with Crippen LogP contribution in [-0.4, -0.2) is 14.5 Å². The van der Waals surface area contributed by atoms with Crippen LogP contribution in [0, 0.1) is 0 Å². The van der Waals surface area contributed by atoms with Crippen LogP contribution in [0.2, 0.25) is 0 Å². The summed E-state index contributed by atoms with van der Waals surface area (Å²) in [5.41, 5.74) is 5.15. The standard InChI is InChI=1S/C30H18BrN3/c31-24-15-8-18-27-28(24)23-13-4-6-17-26(23)34(27)30-32-25-16-5-3-12-22(25)29(33-30)21-14-7-10-19-9-1-2-11-20(19)21/h1-18H. The zero-order chi connectivity index (χ0) is 22.6. The van der Waals surface area contributed by atoms with Gasteiger partial charge in [0.25, 0.3) is 0 Å². The van der Waals surface area contributed by atoms with Gasteiger partial charge in [0, 0.05) is 26.2 Å². The molecule has 160 valence electrons. The van der Waals surface area contributed by atoms with Crippen LogP contribution in [0.5, 0.6) is 0 Å². The maximum Gasteiger partial charge on any atom is 0.235 e. The highest BCUT2D eigenvalue weighted by molar-refractivity contribution is 9.10. The average molecular weight is 500 g/mol. The minimum Gasteiger partial charge on any atom is -0.278 e. The molecule has 4 heteroatoms. The normalized spacial score (nSPS) is 11.7. The third kappa shape index (κ3) is 2.82. The Labute approximate surface area is 204 Å². The van der Waals surface area contributed by atoms with E-state index in [1.807, 2.05) is 6.07 Å². The fraction of sp³-hybridized carbons (Fsp3) is 0. The molecule has 0 saturated heterocycles. The number of rotatable bonds is 2. The molecule has 5 aromatic carbocycles. The van der Waals surface area contributed by atoms with Gasteiger partial charge in [-0.05, 0) is 35.0 Å². The second kappa shape index (κ2) is 7.51. The fourth-order valence-corrected chi connectivity index (χ4v) is 5.56. The lowest BCUT2D eigenvalue weighted by molar-refractivity contribution is 1.01. The van der Waals surface area contributed by atoms with Crippen molar-refractivity contribution in [3.8, 4) is 17.2 Å². The summed E-state index contributed by atoms with van der Waals surface area (Å²) in [4.78, 5) is 10.3. The molecule has 0 unspecified atom stereocenters. The smallest absolute Gasteiger partial charge is 0.235 e. The molecule has 2 aromatic heterocycles. The molecule has 0 atom stereocenters. The molecular formula is C30H18BrN3. The molecule has 0 spiro atoms. The fourth-order valence-electron chi connectivity index (χ4n) is 4.99. The van der Waals surface area contributed by atoms with Crippen molar-refractivity contribution < 1.29 is 0 Å². The number of hydrogen-bond acceptors (Lipinski definition) is 2. The highest BCUT2D eigenvalue weighted by Gasteiger charge is 2.18. The van der Waals surface area contributed by atoms with Crippen LogP contribution in [0.1, 0.15) is 0 Å². The van der Waals surface area contributed by atoms with Gasteiger partial charge in [0.15, 0.2) is 0 Å². The van der Waals surface area contributed by atoms with E-state index in [1.165, 1.54) is 21.5 Å². The Morgan fingerprint density at radius 3 is 2.15 bits per heavy atom. The van der Waals surface area contributed by atoms with Gasteiger partial charge in [-0.3, -0.25) is 4.57 Å². The van der Waals surface area contributed by atoms with Gasteiger partial charge < -0.3 is 0 Å². The number of aromatic nitrogens is 3. The predicted octanol–water partition coefficient (Wildman–Crippen LogP) is 8.31. The lowest BCUT2D eigenvalue weighted by Crippen LogP contribution is -2.03. The van der Waals surface area contributed by atoms with E-state index in [-0.39, 0.29) is 0 Å². The molecule has 7 rings (SSSR count). The van der Waals surface area contributed by atoms with Crippen molar-refractivity contribution in [3.63, 3.8) is 0 Å². The van der Waals surface area contributed by atoms with Crippen LogP contribution in [0.3, 0.4) is 0 Å². The molecule has 0 radical (unpaired) electrons.